The summed E-state index contributed by atoms with van der Waals surface area (Å²) in [5.74, 6) is 0.809. The van der Waals surface area contributed by atoms with Crippen LogP contribution in [0.1, 0.15) is 38.3 Å². The maximum absolute atomic E-state index is 3.63. The molecule has 0 spiro atoms. The summed E-state index contributed by atoms with van der Waals surface area (Å²) in [5.41, 5.74) is 1.39. The van der Waals surface area contributed by atoms with Crippen molar-refractivity contribution in [2.45, 2.75) is 32.7 Å². The highest BCUT2D eigenvalue weighted by atomic mass is 15.1. The van der Waals surface area contributed by atoms with Crippen LogP contribution in [-0.4, -0.2) is 32.1 Å². The van der Waals surface area contributed by atoms with Crippen LogP contribution >= 0.6 is 0 Å². The van der Waals surface area contributed by atoms with Crippen molar-refractivity contribution in [1.82, 2.24) is 10.2 Å². The Morgan fingerprint density at radius 2 is 1.61 bits per heavy atom. The van der Waals surface area contributed by atoms with Gasteiger partial charge in [0.1, 0.15) is 0 Å². The summed E-state index contributed by atoms with van der Waals surface area (Å²) in [6, 6.07) is 11.2. The second kappa shape index (κ2) is 8.28. The Balaban J connectivity index is 2.50. The van der Waals surface area contributed by atoms with Crippen LogP contribution in [0, 0.1) is 5.92 Å². The monoisotopic (exact) mass is 248 g/mol. The molecule has 1 aromatic carbocycles. The molecule has 0 aliphatic carbocycles. The van der Waals surface area contributed by atoms with Crippen LogP contribution in [0.3, 0.4) is 0 Å². The number of hydrogen-bond donors (Lipinski definition) is 1. The Morgan fingerprint density at radius 1 is 1.00 bits per heavy atom. The first-order chi connectivity index (χ1) is 8.69. The molecule has 0 bridgehead atoms. The summed E-state index contributed by atoms with van der Waals surface area (Å²) in [7, 11) is 4.30. The molecule has 0 radical (unpaired) electrons. The van der Waals surface area contributed by atoms with E-state index in [0.717, 1.165) is 19.0 Å². The third kappa shape index (κ3) is 4.79. The third-order valence-corrected chi connectivity index (χ3v) is 3.73. The molecule has 102 valence electrons. The van der Waals surface area contributed by atoms with E-state index in [2.05, 4.69) is 68.5 Å². The highest BCUT2D eigenvalue weighted by Crippen LogP contribution is 2.17. The second-order valence-electron chi connectivity index (χ2n) is 5.23. The first-order valence-corrected chi connectivity index (χ1v) is 7.11. The van der Waals surface area contributed by atoms with Gasteiger partial charge < -0.3 is 10.2 Å². The second-order valence-corrected chi connectivity index (χ2v) is 5.23. The molecule has 1 atom stereocenters. The molecule has 1 N–H and O–H groups in total. The van der Waals surface area contributed by atoms with Crippen molar-refractivity contribution in [3.8, 4) is 0 Å². The van der Waals surface area contributed by atoms with Crippen molar-refractivity contribution >= 4 is 0 Å². The topological polar surface area (TPSA) is 15.3 Å². The van der Waals surface area contributed by atoms with E-state index in [4.69, 9.17) is 0 Å². The van der Waals surface area contributed by atoms with E-state index in [1.54, 1.807) is 0 Å². The SMILES string of the molecule is CCC(CC)CNCC(c1ccccc1)N(C)C. The van der Waals surface area contributed by atoms with Crippen molar-refractivity contribution in [1.29, 1.82) is 0 Å². The fourth-order valence-electron chi connectivity index (χ4n) is 2.28. The molecule has 1 rings (SSSR count). The Morgan fingerprint density at radius 3 is 2.11 bits per heavy atom. The van der Waals surface area contributed by atoms with Crippen molar-refractivity contribution in [2.75, 3.05) is 27.2 Å². The molecule has 0 amide bonds. The maximum Gasteiger partial charge on any atom is 0.0466 e. The maximum atomic E-state index is 3.63. The van der Waals surface area contributed by atoms with E-state index in [9.17, 15) is 0 Å². The number of rotatable bonds is 8. The van der Waals surface area contributed by atoms with E-state index in [0.29, 0.717) is 6.04 Å². The predicted octanol–water partition coefficient (Wildman–Crippen LogP) is 3.32. The van der Waals surface area contributed by atoms with Gasteiger partial charge >= 0.3 is 0 Å². The zero-order chi connectivity index (χ0) is 13.4. The van der Waals surface area contributed by atoms with Crippen molar-refractivity contribution in [3.05, 3.63) is 35.9 Å². The standard InChI is InChI=1S/C16H28N2/c1-5-14(6-2)12-17-13-16(18(3)4)15-10-8-7-9-11-15/h7-11,14,16-17H,5-6,12-13H2,1-4H3. The van der Waals surface area contributed by atoms with Crippen LogP contribution in [0.4, 0.5) is 0 Å². The van der Waals surface area contributed by atoms with Crippen LogP contribution in [0.2, 0.25) is 0 Å². The fraction of sp³-hybridized carbons (Fsp3) is 0.625. The molecular formula is C16H28N2. The first-order valence-electron chi connectivity index (χ1n) is 7.11. The van der Waals surface area contributed by atoms with Gasteiger partial charge in [-0.1, -0.05) is 57.0 Å². The molecule has 0 saturated heterocycles. The van der Waals surface area contributed by atoms with Gasteiger partial charge in [0, 0.05) is 12.6 Å². The molecule has 1 unspecified atom stereocenters. The fourth-order valence-corrected chi connectivity index (χ4v) is 2.28. The zero-order valence-electron chi connectivity index (χ0n) is 12.3. The summed E-state index contributed by atoms with van der Waals surface area (Å²) in [6.45, 7) is 6.70. The average Bonchev–Trinajstić information content (AvgIpc) is 2.39. The molecule has 2 nitrogen and oxygen atoms in total. The molecular weight excluding hydrogens is 220 g/mol. The summed E-state index contributed by atoms with van der Waals surface area (Å²) in [4.78, 5) is 2.29. The van der Waals surface area contributed by atoms with Crippen LogP contribution in [0.5, 0.6) is 0 Å². The predicted molar refractivity (Wildman–Crippen MR) is 79.8 cm³/mol. The minimum Gasteiger partial charge on any atom is -0.315 e. The average molecular weight is 248 g/mol. The van der Waals surface area contributed by atoms with Gasteiger partial charge in [0.25, 0.3) is 0 Å². The van der Waals surface area contributed by atoms with Crippen LogP contribution < -0.4 is 5.32 Å². The van der Waals surface area contributed by atoms with Gasteiger partial charge in [0.05, 0.1) is 0 Å². The molecule has 18 heavy (non-hydrogen) atoms. The highest BCUT2D eigenvalue weighted by Gasteiger charge is 2.13. The number of hydrogen-bond acceptors (Lipinski definition) is 2. The Hall–Kier alpha value is -0.860. The van der Waals surface area contributed by atoms with Gasteiger partial charge in [-0.2, -0.15) is 0 Å². The number of nitrogens with one attached hydrogen (secondary N) is 1. The van der Waals surface area contributed by atoms with E-state index >= 15 is 0 Å². The highest BCUT2D eigenvalue weighted by molar-refractivity contribution is 5.19. The van der Waals surface area contributed by atoms with E-state index in [-0.39, 0.29) is 0 Å². The first kappa shape index (κ1) is 15.2. The molecule has 0 heterocycles. The van der Waals surface area contributed by atoms with Gasteiger partial charge in [0.2, 0.25) is 0 Å². The minimum atomic E-state index is 0.459. The summed E-state index contributed by atoms with van der Waals surface area (Å²) in [6.07, 6.45) is 2.53. The number of likely N-dealkylation sites (N-methyl/N-ethyl adjacent to an activating group) is 1. The van der Waals surface area contributed by atoms with Gasteiger partial charge in [-0.25, -0.2) is 0 Å². The lowest BCUT2D eigenvalue weighted by molar-refractivity contribution is 0.282. The molecule has 2 heteroatoms. The Labute approximate surface area is 112 Å². The zero-order valence-corrected chi connectivity index (χ0v) is 12.3. The summed E-state index contributed by atoms with van der Waals surface area (Å²) < 4.78 is 0. The third-order valence-electron chi connectivity index (χ3n) is 3.73. The summed E-state index contributed by atoms with van der Waals surface area (Å²) >= 11 is 0. The smallest absolute Gasteiger partial charge is 0.0466 e. The van der Waals surface area contributed by atoms with Gasteiger partial charge in [-0.05, 0) is 32.1 Å². The van der Waals surface area contributed by atoms with E-state index < -0.39 is 0 Å². The lowest BCUT2D eigenvalue weighted by atomic mass is 10.0. The lowest BCUT2D eigenvalue weighted by Gasteiger charge is -2.26. The quantitative estimate of drug-likeness (QED) is 0.759. The Bertz CT molecular complexity index is 304. The largest absolute Gasteiger partial charge is 0.315 e. The molecule has 0 aromatic heterocycles. The molecule has 1 aromatic rings. The van der Waals surface area contributed by atoms with Crippen LogP contribution in [-0.2, 0) is 0 Å². The number of nitrogens with zero attached hydrogens (tertiary/aromatic N) is 1. The molecule has 0 aliphatic rings. The molecule has 0 saturated carbocycles. The Kier molecular flexibility index (Phi) is 6.99. The van der Waals surface area contributed by atoms with E-state index in [1.165, 1.54) is 18.4 Å². The van der Waals surface area contributed by atoms with Crippen LogP contribution in [0.15, 0.2) is 30.3 Å². The van der Waals surface area contributed by atoms with Gasteiger partial charge in [-0.15, -0.1) is 0 Å². The molecule has 0 aliphatic heterocycles. The van der Waals surface area contributed by atoms with E-state index in [1.807, 2.05) is 0 Å². The van der Waals surface area contributed by atoms with Crippen LogP contribution in [0.25, 0.3) is 0 Å². The van der Waals surface area contributed by atoms with Gasteiger partial charge in [-0.3, -0.25) is 0 Å². The normalized spacial score (nSPS) is 13.2. The minimum absolute atomic E-state index is 0.459. The van der Waals surface area contributed by atoms with Crippen molar-refractivity contribution < 1.29 is 0 Å². The molecule has 0 fully saturated rings. The summed E-state index contributed by atoms with van der Waals surface area (Å²) in [5, 5.41) is 3.63. The lowest BCUT2D eigenvalue weighted by Crippen LogP contribution is -2.33. The number of benzene rings is 1. The van der Waals surface area contributed by atoms with Crippen molar-refractivity contribution in [3.63, 3.8) is 0 Å². The van der Waals surface area contributed by atoms with Crippen molar-refractivity contribution in [2.24, 2.45) is 5.92 Å². The van der Waals surface area contributed by atoms with Gasteiger partial charge in [0.15, 0.2) is 0 Å².